The van der Waals surface area contributed by atoms with Gasteiger partial charge in [-0.25, -0.2) is 13.1 Å². The summed E-state index contributed by atoms with van der Waals surface area (Å²) in [5.41, 5.74) is -0.914. The molecule has 1 aromatic carbocycles. The predicted molar refractivity (Wildman–Crippen MR) is 66.0 cm³/mol. The Balaban J connectivity index is 2.98. The number of nitrogens with zero attached hydrogens (tertiary/aromatic N) is 1. The van der Waals surface area contributed by atoms with Gasteiger partial charge in [-0.15, -0.1) is 0 Å². The molecule has 0 unspecified atom stereocenters. The molecule has 0 atom stereocenters. The van der Waals surface area contributed by atoms with Crippen molar-refractivity contribution in [3.05, 3.63) is 34.1 Å². The fraction of sp³-hybridized carbons (Fsp3) is 0.400. The lowest BCUT2D eigenvalue weighted by atomic mass is 10.3. The second-order valence-electron chi connectivity index (χ2n) is 3.62. The summed E-state index contributed by atoms with van der Waals surface area (Å²) in [6, 6.07) is 2.29. The Kier molecular flexibility index (Phi) is 5.51. The van der Waals surface area contributed by atoms with Crippen molar-refractivity contribution in [1.82, 2.24) is 4.72 Å². The van der Waals surface area contributed by atoms with Crippen LogP contribution in [0, 0.1) is 15.9 Å². The lowest BCUT2D eigenvalue weighted by Crippen LogP contribution is -2.34. The van der Waals surface area contributed by atoms with Crippen LogP contribution in [0.4, 0.5) is 10.1 Å². The highest BCUT2D eigenvalue weighted by Crippen LogP contribution is 2.21. The number of halogens is 1. The van der Waals surface area contributed by atoms with E-state index in [0.29, 0.717) is 6.07 Å². The number of nitro benzene ring substituents is 1. The number of ether oxygens (including phenoxy) is 2. The average Bonchev–Trinajstić information content (AvgIpc) is 2.39. The topological polar surface area (TPSA) is 108 Å². The second-order valence-corrected chi connectivity index (χ2v) is 5.39. The highest BCUT2D eigenvalue weighted by atomic mass is 32.2. The van der Waals surface area contributed by atoms with Crippen molar-refractivity contribution < 1.29 is 27.2 Å². The van der Waals surface area contributed by atoms with Gasteiger partial charge in [-0.2, -0.15) is 4.39 Å². The molecular formula is C10H13FN2O6S. The number of sulfonamides is 1. The van der Waals surface area contributed by atoms with E-state index in [1.807, 2.05) is 0 Å². The van der Waals surface area contributed by atoms with Gasteiger partial charge in [0.1, 0.15) is 0 Å². The van der Waals surface area contributed by atoms with E-state index in [1.165, 1.54) is 14.2 Å². The third-order valence-electron chi connectivity index (χ3n) is 2.39. The molecule has 1 aromatic rings. The lowest BCUT2D eigenvalue weighted by Gasteiger charge is -2.14. The van der Waals surface area contributed by atoms with Crippen LogP contribution in [0.15, 0.2) is 23.1 Å². The minimum Gasteiger partial charge on any atom is -0.355 e. The van der Waals surface area contributed by atoms with Crippen molar-refractivity contribution in [2.75, 3.05) is 20.8 Å². The van der Waals surface area contributed by atoms with Crippen LogP contribution < -0.4 is 4.72 Å². The Labute approximate surface area is 114 Å². The van der Waals surface area contributed by atoms with E-state index in [9.17, 15) is 22.9 Å². The first-order valence-corrected chi connectivity index (χ1v) is 6.79. The smallest absolute Gasteiger partial charge is 0.306 e. The maximum Gasteiger partial charge on any atom is 0.306 e. The van der Waals surface area contributed by atoms with Crippen LogP contribution in [0.5, 0.6) is 0 Å². The molecule has 8 nitrogen and oxygen atoms in total. The van der Waals surface area contributed by atoms with Crippen LogP contribution in [0.2, 0.25) is 0 Å². The first-order chi connectivity index (χ1) is 9.31. The number of rotatable bonds is 7. The molecule has 112 valence electrons. The van der Waals surface area contributed by atoms with Crippen molar-refractivity contribution in [3.63, 3.8) is 0 Å². The third-order valence-corrected chi connectivity index (χ3v) is 3.81. The Morgan fingerprint density at radius 3 is 2.50 bits per heavy atom. The summed E-state index contributed by atoms with van der Waals surface area (Å²) in [4.78, 5) is 9.15. The minimum atomic E-state index is -4.03. The molecule has 0 aliphatic heterocycles. The summed E-state index contributed by atoms with van der Waals surface area (Å²) in [5, 5.41) is 10.6. The zero-order chi connectivity index (χ0) is 15.3. The summed E-state index contributed by atoms with van der Waals surface area (Å²) in [7, 11) is -1.38. The molecule has 0 radical (unpaired) electrons. The maximum atomic E-state index is 13.1. The van der Waals surface area contributed by atoms with Gasteiger partial charge in [-0.1, -0.05) is 0 Å². The molecule has 0 bridgehead atoms. The number of hydrogen-bond acceptors (Lipinski definition) is 6. The molecule has 0 aliphatic carbocycles. The normalized spacial score (nSPS) is 11.8. The van der Waals surface area contributed by atoms with Gasteiger partial charge in [0.25, 0.3) is 0 Å². The van der Waals surface area contributed by atoms with Gasteiger partial charge in [-0.05, 0) is 12.1 Å². The average molecular weight is 308 g/mol. The van der Waals surface area contributed by atoms with Crippen LogP contribution >= 0.6 is 0 Å². The highest BCUT2D eigenvalue weighted by Gasteiger charge is 2.22. The van der Waals surface area contributed by atoms with Gasteiger partial charge in [0.15, 0.2) is 6.29 Å². The molecule has 0 saturated heterocycles. The van der Waals surface area contributed by atoms with E-state index in [1.54, 1.807) is 0 Å². The van der Waals surface area contributed by atoms with E-state index < -0.39 is 37.6 Å². The van der Waals surface area contributed by atoms with E-state index >= 15 is 0 Å². The fourth-order valence-electron chi connectivity index (χ4n) is 1.32. The minimum absolute atomic E-state index is 0.194. The van der Waals surface area contributed by atoms with E-state index in [4.69, 9.17) is 9.47 Å². The SMILES string of the molecule is COC(CNS(=O)(=O)c1ccc(F)c([N+](=O)[O-])c1)OC. The summed E-state index contributed by atoms with van der Waals surface area (Å²) >= 11 is 0. The van der Waals surface area contributed by atoms with Crippen LogP contribution in [0.3, 0.4) is 0 Å². The van der Waals surface area contributed by atoms with Crippen molar-refractivity contribution >= 4 is 15.7 Å². The quantitative estimate of drug-likeness (QED) is 0.450. The first-order valence-electron chi connectivity index (χ1n) is 5.31. The summed E-state index contributed by atoms with van der Waals surface area (Å²) < 4.78 is 48.6. The molecule has 0 aliphatic rings. The van der Waals surface area contributed by atoms with Crippen molar-refractivity contribution in [2.45, 2.75) is 11.2 Å². The largest absolute Gasteiger partial charge is 0.355 e. The molecule has 1 rings (SSSR count). The van der Waals surface area contributed by atoms with Crippen LogP contribution in [0.25, 0.3) is 0 Å². The number of methoxy groups -OCH3 is 2. The number of benzene rings is 1. The molecule has 0 heterocycles. The summed E-state index contributed by atoms with van der Waals surface area (Å²) in [6.45, 7) is -0.194. The van der Waals surface area contributed by atoms with Gasteiger partial charge in [0.2, 0.25) is 15.8 Å². The van der Waals surface area contributed by atoms with Crippen molar-refractivity contribution in [2.24, 2.45) is 0 Å². The Bertz CT molecular complexity index is 587. The van der Waals surface area contributed by atoms with Gasteiger partial charge >= 0.3 is 5.69 Å². The molecule has 0 fully saturated rings. The van der Waals surface area contributed by atoms with Crippen LogP contribution in [-0.2, 0) is 19.5 Å². The van der Waals surface area contributed by atoms with Gasteiger partial charge in [0, 0.05) is 20.3 Å². The molecule has 0 saturated carbocycles. The molecule has 0 spiro atoms. The van der Waals surface area contributed by atoms with Crippen molar-refractivity contribution in [3.8, 4) is 0 Å². The molecule has 1 N–H and O–H groups in total. The predicted octanol–water partition coefficient (Wildman–Crippen LogP) is 0.631. The first kappa shape index (κ1) is 16.4. The lowest BCUT2D eigenvalue weighted by molar-refractivity contribution is -0.387. The summed E-state index contributed by atoms with van der Waals surface area (Å²) in [5.74, 6) is -1.11. The Morgan fingerprint density at radius 1 is 1.40 bits per heavy atom. The third kappa shape index (κ3) is 3.93. The molecular weight excluding hydrogens is 295 g/mol. The zero-order valence-corrected chi connectivity index (χ0v) is 11.5. The molecule has 20 heavy (non-hydrogen) atoms. The van der Waals surface area contributed by atoms with E-state index in [0.717, 1.165) is 12.1 Å². The van der Waals surface area contributed by atoms with Crippen LogP contribution in [0.1, 0.15) is 0 Å². The number of nitro groups is 1. The molecule has 10 heteroatoms. The Hall–Kier alpha value is -1.62. The van der Waals surface area contributed by atoms with Gasteiger partial charge in [0.05, 0.1) is 16.4 Å². The maximum absolute atomic E-state index is 13.1. The van der Waals surface area contributed by atoms with Gasteiger partial charge < -0.3 is 9.47 Å². The number of hydrogen-bond donors (Lipinski definition) is 1. The monoisotopic (exact) mass is 308 g/mol. The molecule has 0 aromatic heterocycles. The van der Waals surface area contributed by atoms with E-state index in [2.05, 4.69) is 4.72 Å². The summed E-state index contributed by atoms with van der Waals surface area (Å²) in [6.07, 6.45) is -0.805. The standard InChI is InChI=1S/C10H13FN2O6S/c1-18-10(19-2)6-12-20(16,17)7-3-4-8(11)9(5-7)13(14)15/h3-5,10,12H,6H2,1-2H3. The zero-order valence-electron chi connectivity index (χ0n) is 10.7. The Morgan fingerprint density at radius 2 is 2.00 bits per heavy atom. The fourth-order valence-corrected chi connectivity index (χ4v) is 2.36. The van der Waals surface area contributed by atoms with E-state index in [-0.39, 0.29) is 6.54 Å². The highest BCUT2D eigenvalue weighted by molar-refractivity contribution is 7.89. The van der Waals surface area contributed by atoms with Gasteiger partial charge in [-0.3, -0.25) is 10.1 Å². The molecule has 0 amide bonds. The van der Waals surface area contributed by atoms with Crippen LogP contribution in [-0.4, -0.2) is 40.4 Å². The number of nitrogens with one attached hydrogen (secondary N) is 1. The second kappa shape index (κ2) is 6.70. The van der Waals surface area contributed by atoms with Crippen molar-refractivity contribution in [1.29, 1.82) is 0 Å².